The van der Waals surface area contributed by atoms with Crippen molar-refractivity contribution in [3.05, 3.63) is 52.2 Å². The minimum Gasteiger partial charge on any atom is -0.477 e. The molecule has 2 fully saturated rings. The van der Waals surface area contributed by atoms with Crippen LogP contribution in [0.4, 0.5) is 5.69 Å². The van der Waals surface area contributed by atoms with E-state index in [-0.39, 0.29) is 17.7 Å². The summed E-state index contributed by atoms with van der Waals surface area (Å²) in [5, 5.41) is 9.85. The van der Waals surface area contributed by atoms with Crippen LogP contribution >= 0.6 is 11.3 Å². The highest BCUT2D eigenvalue weighted by Crippen LogP contribution is 2.27. The largest absolute Gasteiger partial charge is 0.477 e. The van der Waals surface area contributed by atoms with Crippen LogP contribution in [-0.4, -0.2) is 56.8 Å². The van der Waals surface area contributed by atoms with Gasteiger partial charge < -0.3 is 25.4 Å². The number of carbonyl (C=O) groups is 1. The number of carbonyl (C=O) groups excluding carboxylic acids is 1. The van der Waals surface area contributed by atoms with E-state index in [0.717, 1.165) is 41.7 Å². The number of hydrogen-bond acceptors (Lipinski definition) is 9. The van der Waals surface area contributed by atoms with Gasteiger partial charge in [0.15, 0.2) is 5.01 Å². The molecule has 2 saturated carbocycles. The average molecular weight is 562 g/mol. The number of thiazole rings is 1. The highest BCUT2D eigenvalue weighted by atomic mass is 32.2. The van der Waals surface area contributed by atoms with Gasteiger partial charge in [-0.25, -0.2) is 14.2 Å². The van der Waals surface area contributed by atoms with Crippen LogP contribution in [0.5, 0.6) is 0 Å². The van der Waals surface area contributed by atoms with Crippen molar-refractivity contribution in [1.82, 2.24) is 25.9 Å². The third-order valence-corrected chi connectivity index (χ3v) is 7.94. The molecular weight excluding hydrogens is 522 g/mol. The normalized spacial score (nSPS) is 16.7. The molecule has 0 radical (unpaired) electrons. The predicted molar refractivity (Wildman–Crippen MR) is 155 cm³/mol. The van der Waals surface area contributed by atoms with E-state index in [2.05, 4.69) is 42.6 Å². The maximum absolute atomic E-state index is 12.5. The second-order valence-corrected chi connectivity index (χ2v) is 11.0. The van der Waals surface area contributed by atoms with Crippen LogP contribution in [0, 0.1) is 0 Å². The Morgan fingerprint density at radius 2 is 2.00 bits per heavy atom. The summed E-state index contributed by atoms with van der Waals surface area (Å²) in [7, 11) is -1.07. The molecule has 12 heteroatoms. The van der Waals surface area contributed by atoms with Crippen molar-refractivity contribution in [2.24, 2.45) is 4.99 Å². The van der Waals surface area contributed by atoms with Crippen molar-refractivity contribution in [3.8, 4) is 0 Å². The molecule has 0 spiro atoms. The van der Waals surface area contributed by atoms with E-state index >= 15 is 0 Å². The van der Waals surface area contributed by atoms with Gasteiger partial charge in [0, 0.05) is 24.1 Å². The number of rotatable bonds is 11. The van der Waals surface area contributed by atoms with Crippen molar-refractivity contribution in [1.29, 1.82) is 0 Å². The quantitative estimate of drug-likeness (QED) is 0.329. The Morgan fingerprint density at radius 3 is 2.66 bits per heavy atom. The Kier molecular flexibility index (Phi) is 12.2. The Labute approximate surface area is 231 Å². The number of nitrogens with zero attached hydrogens (tertiary/aromatic N) is 3. The molecule has 3 heterocycles. The minimum atomic E-state index is -1.07. The van der Waals surface area contributed by atoms with Gasteiger partial charge in [0.2, 0.25) is 5.88 Å². The monoisotopic (exact) mass is 561 g/mol. The average Bonchev–Trinajstić information content (AvgIpc) is 3.88. The molecule has 0 aromatic carbocycles. The summed E-state index contributed by atoms with van der Waals surface area (Å²) in [6.07, 6.45) is 9.81. The zero-order chi connectivity index (χ0) is 27.3. The molecule has 1 aliphatic heterocycles. The van der Waals surface area contributed by atoms with E-state index in [1.54, 1.807) is 30.7 Å². The fourth-order valence-corrected chi connectivity index (χ4v) is 5.17. The number of hydrogen-bond donors (Lipinski definition) is 4. The lowest BCUT2D eigenvalue weighted by atomic mass is 10.3. The summed E-state index contributed by atoms with van der Waals surface area (Å²) in [4.78, 5) is 26.2. The third-order valence-electron chi connectivity index (χ3n) is 5.38. The minimum absolute atomic E-state index is 0.240. The Morgan fingerprint density at radius 1 is 1.21 bits per heavy atom. The molecule has 1 amide bonds. The van der Waals surface area contributed by atoms with Gasteiger partial charge in [-0.15, -0.1) is 11.3 Å². The second kappa shape index (κ2) is 15.6. The number of aliphatic imine (C=N–C) groups is 1. The fraction of sp³-hybridized carbons (Fsp3) is 0.538. The van der Waals surface area contributed by atoms with Crippen molar-refractivity contribution in [2.45, 2.75) is 71.2 Å². The molecule has 38 heavy (non-hydrogen) atoms. The Balaban J connectivity index is 0.000000434. The van der Waals surface area contributed by atoms with Crippen LogP contribution in [0.15, 0.2) is 41.6 Å². The van der Waals surface area contributed by atoms with Crippen molar-refractivity contribution in [3.63, 3.8) is 0 Å². The lowest BCUT2D eigenvalue weighted by molar-refractivity contribution is 0.0950. The number of aromatic nitrogens is 2. The van der Waals surface area contributed by atoms with Gasteiger partial charge >= 0.3 is 0 Å². The lowest BCUT2D eigenvalue weighted by Gasteiger charge is -2.12. The third kappa shape index (κ3) is 9.80. The van der Waals surface area contributed by atoms with E-state index in [1.807, 2.05) is 20.8 Å². The van der Waals surface area contributed by atoms with Gasteiger partial charge in [0.25, 0.3) is 5.91 Å². The van der Waals surface area contributed by atoms with E-state index in [1.165, 1.54) is 24.2 Å². The summed E-state index contributed by atoms with van der Waals surface area (Å²) in [5.74, 6) is 0.234. The van der Waals surface area contributed by atoms with Crippen LogP contribution in [0.1, 0.15) is 73.8 Å². The molecule has 1 atom stereocenters. The molecule has 2 aromatic heterocycles. The van der Waals surface area contributed by atoms with Crippen LogP contribution in [0.25, 0.3) is 0 Å². The van der Waals surface area contributed by atoms with E-state index in [0.29, 0.717) is 29.7 Å². The molecule has 208 valence electrons. The Bertz CT molecular complexity index is 1130. The van der Waals surface area contributed by atoms with Gasteiger partial charge in [0.1, 0.15) is 11.0 Å². The van der Waals surface area contributed by atoms with E-state index in [9.17, 15) is 9.00 Å². The summed E-state index contributed by atoms with van der Waals surface area (Å²) >= 11 is 1.27. The SMILES string of the molecule is CC.CCNC1CC1.CCOC1=CNCC(c2cnc(C(=O)NCc3cc(NS(=O)C4CC4)ccn3)s2)=N1. The topological polar surface area (TPSA) is 130 Å². The first kappa shape index (κ1) is 29.7. The van der Waals surface area contributed by atoms with Crippen molar-refractivity contribution >= 4 is 39.6 Å². The van der Waals surface area contributed by atoms with Gasteiger partial charge in [-0.1, -0.05) is 20.8 Å². The van der Waals surface area contributed by atoms with Gasteiger partial charge in [-0.05, 0) is 51.3 Å². The first-order valence-corrected chi connectivity index (χ1v) is 15.3. The molecule has 3 aliphatic rings. The zero-order valence-electron chi connectivity index (χ0n) is 22.6. The first-order valence-electron chi connectivity index (χ1n) is 13.3. The summed E-state index contributed by atoms with van der Waals surface area (Å²) in [6, 6.07) is 4.45. The number of ether oxygens (including phenoxy) is 1. The molecule has 2 aliphatic carbocycles. The molecule has 2 aromatic rings. The Hall–Kier alpha value is -2.83. The van der Waals surface area contributed by atoms with Crippen LogP contribution in [0.2, 0.25) is 0 Å². The number of pyridine rings is 1. The predicted octanol–water partition coefficient (Wildman–Crippen LogP) is 3.72. The molecule has 0 saturated heterocycles. The van der Waals surface area contributed by atoms with Gasteiger partial charge in [-0.3, -0.25) is 9.78 Å². The maximum atomic E-state index is 12.5. The molecule has 0 bridgehead atoms. The molecule has 4 N–H and O–H groups in total. The van der Waals surface area contributed by atoms with Crippen molar-refractivity contribution in [2.75, 3.05) is 24.4 Å². The molecule has 1 unspecified atom stereocenters. The van der Waals surface area contributed by atoms with Gasteiger partial charge in [0.05, 0.1) is 47.4 Å². The second-order valence-electron chi connectivity index (χ2n) is 8.53. The molecule has 10 nitrogen and oxygen atoms in total. The highest BCUT2D eigenvalue weighted by molar-refractivity contribution is 7.87. The lowest BCUT2D eigenvalue weighted by Crippen LogP contribution is -2.24. The standard InChI is InChI=1S/C19H22N6O3S2.C5H11N.C2H6/c1-2-28-17-11-20-9-15(24-17)16-10-23-19(29-16)18(26)22-8-13-7-12(5-6-21-13)25-30(27)14-3-4-14;1-2-6-5-3-4-5;1-2/h5-7,10-11,14,20H,2-4,8-9H2,1H3,(H,21,25)(H,22,26);5-6H,2-4H2,1H3;1-2H3. The molecular formula is C26H39N7O3S2. The van der Waals surface area contributed by atoms with Crippen LogP contribution in [0.3, 0.4) is 0 Å². The van der Waals surface area contributed by atoms with Crippen LogP contribution < -0.4 is 20.7 Å². The summed E-state index contributed by atoms with van der Waals surface area (Å²) < 4.78 is 20.4. The summed E-state index contributed by atoms with van der Waals surface area (Å²) in [6.45, 7) is 10.5. The summed E-state index contributed by atoms with van der Waals surface area (Å²) in [5.41, 5.74) is 2.18. The number of nitrogens with one attached hydrogen (secondary N) is 4. The van der Waals surface area contributed by atoms with E-state index < -0.39 is 11.0 Å². The highest BCUT2D eigenvalue weighted by Gasteiger charge is 2.28. The molecule has 5 rings (SSSR count). The van der Waals surface area contributed by atoms with Crippen LogP contribution in [-0.2, 0) is 22.3 Å². The number of amides is 1. The maximum Gasteiger partial charge on any atom is 0.280 e. The van der Waals surface area contributed by atoms with Gasteiger partial charge in [-0.2, -0.15) is 0 Å². The first-order chi connectivity index (χ1) is 18.6. The van der Waals surface area contributed by atoms with E-state index in [4.69, 9.17) is 4.74 Å². The fourth-order valence-electron chi connectivity index (χ4n) is 3.26. The van der Waals surface area contributed by atoms with Crippen molar-refractivity contribution < 1.29 is 13.7 Å². The number of anilines is 1. The smallest absolute Gasteiger partial charge is 0.280 e. The zero-order valence-corrected chi connectivity index (χ0v) is 24.2.